The summed E-state index contributed by atoms with van der Waals surface area (Å²) in [5.41, 5.74) is 1.27. The van der Waals surface area contributed by atoms with Gasteiger partial charge in [-0.3, -0.25) is 9.69 Å². The first-order valence-corrected chi connectivity index (χ1v) is 6.37. The Morgan fingerprint density at radius 1 is 1.39 bits per heavy atom. The zero-order valence-corrected chi connectivity index (χ0v) is 10.9. The Kier molecular flexibility index (Phi) is 4.15. The fourth-order valence-corrected chi connectivity index (χ4v) is 2.48. The van der Waals surface area contributed by atoms with Gasteiger partial charge in [0.25, 0.3) is 0 Å². The highest BCUT2D eigenvalue weighted by Gasteiger charge is 2.28. The van der Waals surface area contributed by atoms with Crippen molar-refractivity contribution in [2.45, 2.75) is 13.0 Å². The maximum absolute atomic E-state index is 11.5. The predicted octanol–water partition coefficient (Wildman–Crippen LogP) is 2.08. The molecule has 1 amide bonds. The van der Waals surface area contributed by atoms with Crippen molar-refractivity contribution < 1.29 is 4.79 Å². The van der Waals surface area contributed by atoms with Crippen LogP contribution in [0.5, 0.6) is 0 Å². The van der Waals surface area contributed by atoms with E-state index in [2.05, 4.69) is 23.6 Å². The molecule has 0 N–H and O–H groups in total. The highest BCUT2D eigenvalue weighted by atomic mass is 16.2. The van der Waals surface area contributed by atoms with Gasteiger partial charge in [-0.25, -0.2) is 0 Å². The molecule has 1 fully saturated rings. The summed E-state index contributed by atoms with van der Waals surface area (Å²) in [7, 11) is 0. The second kappa shape index (κ2) is 5.83. The van der Waals surface area contributed by atoms with Crippen LogP contribution in [0.15, 0.2) is 43.0 Å². The molecule has 3 nitrogen and oxygen atoms in total. The molecule has 0 saturated carbocycles. The van der Waals surface area contributed by atoms with Crippen LogP contribution in [0.25, 0.3) is 0 Å². The molecular weight excluding hydrogens is 224 g/mol. The van der Waals surface area contributed by atoms with Crippen LogP contribution in [0.3, 0.4) is 0 Å². The number of benzene rings is 1. The molecule has 0 aromatic heterocycles. The number of nitrogens with zero attached hydrogens (tertiary/aromatic N) is 2. The van der Waals surface area contributed by atoms with Gasteiger partial charge in [0.05, 0.1) is 6.04 Å². The Hall–Kier alpha value is -1.61. The van der Waals surface area contributed by atoms with Crippen molar-refractivity contribution in [3.63, 3.8) is 0 Å². The average molecular weight is 244 g/mol. The lowest BCUT2D eigenvalue weighted by atomic mass is 10.0. The zero-order valence-electron chi connectivity index (χ0n) is 10.9. The third-order valence-corrected chi connectivity index (χ3v) is 3.48. The minimum atomic E-state index is 0.161. The SMILES string of the molecule is C=CCN1CCN(C(C)=O)C[C@@H]1c1ccccc1. The van der Waals surface area contributed by atoms with E-state index in [4.69, 9.17) is 0 Å². The number of carbonyl (C=O) groups is 1. The summed E-state index contributed by atoms with van der Waals surface area (Å²) in [6, 6.07) is 10.7. The smallest absolute Gasteiger partial charge is 0.219 e. The second-order valence-electron chi connectivity index (χ2n) is 4.68. The molecule has 18 heavy (non-hydrogen) atoms. The molecular formula is C15H20N2O. The van der Waals surface area contributed by atoms with Crippen LogP contribution in [0.2, 0.25) is 0 Å². The summed E-state index contributed by atoms with van der Waals surface area (Å²) in [5.74, 6) is 0.161. The molecule has 0 radical (unpaired) electrons. The summed E-state index contributed by atoms with van der Waals surface area (Å²) in [6.07, 6.45) is 1.93. The molecule has 0 unspecified atom stereocenters. The zero-order chi connectivity index (χ0) is 13.0. The van der Waals surface area contributed by atoms with Crippen LogP contribution < -0.4 is 0 Å². The van der Waals surface area contributed by atoms with E-state index in [0.29, 0.717) is 0 Å². The highest BCUT2D eigenvalue weighted by molar-refractivity contribution is 5.73. The fourth-order valence-electron chi connectivity index (χ4n) is 2.48. The summed E-state index contributed by atoms with van der Waals surface area (Å²) in [4.78, 5) is 15.8. The standard InChI is InChI=1S/C15H20N2O/c1-3-9-16-10-11-17(13(2)18)12-15(16)14-7-5-4-6-8-14/h3-8,15H,1,9-12H2,2H3/t15-/m1/s1. The van der Waals surface area contributed by atoms with Gasteiger partial charge in [0.15, 0.2) is 0 Å². The molecule has 0 bridgehead atoms. The highest BCUT2D eigenvalue weighted by Crippen LogP contribution is 2.25. The quantitative estimate of drug-likeness (QED) is 0.760. The molecule has 1 aliphatic rings. The van der Waals surface area contributed by atoms with Gasteiger partial charge >= 0.3 is 0 Å². The van der Waals surface area contributed by atoms with Crippen molar-refractivity contribution in [1.29, 1.82) is 0 Å². The largest absolute Gasteiger partial charge is 0.340 e. The molecule has 1 aromatic rings. The van der Waals surface area contributed by atoms with E-state index in [1.165, 1.54) is 5.56 Å². The van der Waals surface area contributed by atoms with Crippen LogP contribution in [-0.2, 0) is 4.79 Å². The van der Waals surface area contributed by atoms with E-state index in [-0.39, 0.29) is 11.9 Å². The molecule has 0 aliphatic carbocycles. The molecule has 96 valence electrons. The summed E-state index contributed by atoms with van der Waals surface area (Å²) < 4.78 is 0. The topological polar surface area (TPSA) is 23.6 Å². The number of piperazine rings is 1. The number of hydrogen-bond acceptors (Lipinski definition) is 2. The van der Waals surface area contributed by atoms with E-state index < -0.39 is 0 Å². The van der Waals surface area contributed by atoms with Gasteiger partial charge in [0, 0.05) is 33.1 Å². The first kappa shape index (κ1) is 12.8. The lowest BCUT2D eigenvalue weighted by Gasteiger charge is -2.41. The molecule has 1 aromatic carbocycles. The van der Waals surface area contributed by atoms with Crippen molar-refractivity contribution in [3.05, 3.63) is 48.6 Å². The number of carbonyl (C=O) groups excluding carboxylic acids is 1. The van der Waals surface area contributed by atoms with Crippen LogP contribution in [-0.4, -0.2) is 41.9 Å². The summed E-state index contributed by atoms with van der Waals surface area (Å²) in [5, 5.41) is 0. The summed E-state index contributed by atoms with van der Waals surface area (Å²) in [6.45, 7) is 8.82. The second-order valence-corrected chi connectivity index (χ2v) is 4.68. The Morgan fingerprint density at radius 3 is 2.72 bits per heavy atom. The van der Waals surface area contributed by atoms with Crippen LogP contribution in [0, 0.1) is 0 Å². The van der Waals surface area contributed by atoms with Crippen molar-refractivity contribution in [2.24, 2.45) is 0 Å². The van der Waals surface area contributed by atoms with Gasteiger partial charge in [-0.2, -0.15) is 0 Å². The molecule has 1 saturated heterocycles. The lowest BCUT2D eigenvalue weighted by molar-refractivity contribution is -0.131. The third kappa shape index (κ3) is 2.79. The van der Waals surface area contributed by atoms with Crippen molar-refractivity contribution in [3.8, 4) is 0 Å². The lowest BCUT2D eigenvalue weighted by Crippen LogP contribution is -2.49. The number of rotatable bonds is 3. The molecule has 2 rings (SSSR count). The Labute approximate surface area is 109 Å². The minimum Gasteiger partial charge on any atom is -0.340 e. The van der Waals surface area contributed by atoms with Gasteiger partial charge in [0.1, 0.15) is 0 Å². The monoisotopic (exact) mass is 244 g/mol. The van der Waals surface area contributed by atoms with Gasteiger partial charge in [-0.1, -0.05) is 36.4 Å². The number of hydrogen-bond donors (Lipinski definition) is 0. The van der Waals surface area contributed by atoms with E-state index >= 15 is 0 Å². The van der Waals surface area contributed by atoms with Gasteiger partial charge in [-0.05, 0) is 5.56 Å². The minimum absolute atomic E-state index is 0.161. The fraction of sp³-hybridized carbons (Fsp3) is 0.400. The van der Waals surface area contributed by atoms with E-state index in [1.807, 2.05) is 29.2 Å². The Morgan fingerprint density at radius 2 is 2.11 bits per heavy atom. The maximum atomic E-state index is 11.5. The van der Waals surface area contributed by atoms with Gasteiger partial charge in [0.2, 0.25) is 5.91 Å². The Balaban J connectivity index is 2.19. The molecule has 1 atom stereocenters. The van der Waals surface area contributed by atoms with Crippen LogP contribution >= 0.6 is 0 Å². The average Bonchev–Trinajstić information content (AvgIpc) is 2.40. The van der Waals surface area contributed by atoms with Crippen LogP contribution in [0.4, 0.5) is 0 Å². The first-order chi connectivity index (χ1) is 8.72. The van der Waals surface area contributed by atoms with Gasteiger partial charge in [-0.15, -0.1) is 6.58 Å². The summed E-state index contributed by atoms with van der Waals surface area (Å²) >= 11 is 0. The molecule has 3 heteroatoms. The normalized spacial score (nSPS) is 20.7. The molecule has 1 heterocycles. The number of amides is 1. The molecule has 0 spiro atoms. The van der Waals surface area contributed by atoms with Gasteiger partial charge < -0.3 is 4.90 Å². The third-order valence-electron chi connectivity index (χ3n) is 3.48. The molecule has 1 aliphatic heterocycles. The van der Waals surface area contributed by atoms with E-state index in [9.17, 15) is 4.79 Å². The maximum Gasteiger partial charge on any atom is 0.219 e. The van der Waals surface area contributed by atoms with E-state index in [0.717, 1.165) is 26.2 Å². The van der Waals surface area contributed by atoms with Crippen molar-refractivity contribution in [2.75, 3.05) is 26.2 Å². The first-order valence-electron chi connectivity index (χ1n) is 6.37. The van der Waals surface area contributed by atoms with E-state index in [1.54, 1.807) is 6.92 Å². The predicted molar refractivity (Wildman–Crippen MR) is 73.2 cm³/mol. The Bertz CT molecular complexity index is 416. The van der Waals surface area contributed by atoms with Crippen molar-refractivity contribution in [1.82, 2.24) is 9.80 Å². The van der Waals surface area contributed by atoms with Crippen LogP contribution in [0.1, 0.15) is 18.5 Å². The van der Waals surface area contributed by atoms with Crippen molar-refractivity contribution >= 4 is 5.91 Å².